The highest BCUT2D eigenvalue weighted by molar-refractivity contribution is 6.01. The molecule has 3 N–H and O–H groups in total. The molecule has 2 amide bonds. The first-order valence-corrected chi connectivity index (χ1v) is 9.17. The summed E-state index contributed by atoms with van der Waals surface area (Å²) in [5, 5.41) is 11.7. The van der Waals surface area contributed by atoms with E-state index in [4.69, 9.17) is 13.6 Å². The van der Waals surface area contributed by atoms with Gasteiger partial charge in [0, 0.05) is 30.4 Å². The number of carbonyl (C=O) groups is 2. The van der Waals surface area contributed by atoms with E-state index in [-0.39, 0.29) is 23.7 Å². The Hall–Kier alpha value is -4.15. The molecule has 2 heterocycles. The number of nitrogens with one attached hydrogen (secondary N) is 3. The van der Waals surface area contributed by atoms with Crippen LogP contribution in [0.15, 0.2) is 36.8 Å². The highest BCUT2D eigenvalue weighted by atomic mass is 16.5. The zero-order valence-corrected chi connectivity index (χ0v) is 17.1. The molecule has 0 fully saturated rings. The fraction of sp³-hybridized carbons (Fsp3) is 0.250. The standard InChI is InChI=1S/C20H23N7O4/c1-5-31-20(29)25-16-9-15(13(10-22-16)19(28)21-2)24-14-8-6-7-12(17(14)30-4)18-23-11-27(3)26-18/h6-11H,5H2,1-4H3,(H,21,28)(H2,22,24,25,29)/i2D3. The van der Waals surface area contributed by atoms with Crippen LogP contribution in [0.5, 0.6) is 5.75 Å². The summed E-state index contributed by atoms with van der Waals surface area (Å²) in [4.78, 5) is 32.7. The van der Waals surface area contributed by atoms with Crippen LogP contribution in [0.1, 0.15) is 21.4 Å². The van der Waals surface area contributed by atoms with Gasteiger partial charge in [0.15, 0.2) is 11.6 Å². The first kappa shape index (κ1) is 17.7. The minimum atomic E-state index is -2.71. The molecule has 162 valence electrons. The van der Waals surface area contributed by atoms with Crippen molar-refractivity contribution in [1.82, 2.24) is 25.1 Å². The molecule has 11 heteroatoms. The molecule has 3 rings (SSSR count). The topological polar surface area (TPSA) is 132 Å². The monoisotopic (exact) mass is 428 g/mol. The lowest BCUT2D eigenvalue weighted by Gasteiger charge is -2.16. The van der Waals surface area contributed by atoms with Gasteiger partial charge in [-0.2, -0.15) is 5.10 Å². The van der Waals surface area contributed by atoms with Crippen molar-refractivity contribution >= 4 is 29.2 Å². The second-order valence-electron chi connectivity index (χ2n) is 6.17. The summed E-state index contributed by atoms with van der Waals surface area (Å²) in [7, 11) is 3.20. The largest absolute Gasteiger partial charge is 0.494 e. The molecule has 2 aromatic heterocycles. The van der Waals surface area contributed by atoms with Gasteiger partial charge in [0.05, 0.1) is 36.2 Å². The molecule has 0 bridgehead atoms. The predicted molar refractivity (Wildman–Crippen MR) is 115 cm³/mol. The Kier molecular flexibility index (Phi) is 5.46. The lowest BCUT2D eigenvalue weighted by atomic mass is 10.1. The minimum Gasteiger partial charge on any atom is -0.494 e. The first-order valence-electron chi connectivity index (χ1n) is 10.7. The molecule has 31 heavy (non-hydrogen) atoms. The third kappa shape index (κ3) is 4.89. The average molecular weight is 428 g/mol. The van der Waals surface area contributed by atoms with Crippen LogP contribution in [0.4, 0.5) is 22.0 Å². The number of nitrogens with zero attached hydrogens (tertiary/aromatic N) is 4. The van der Waals surface area contributed by atoms with Gasteiger partial charge in [-0.25, -0.2) is 14.8 Å². The Morgan fingerprint density at radius 2 is 2.10 bits per heavy atom. The van der Waals surface area contributed by atoms with E-state index in [1.165, 1.54) is 13.2 Å². The van der Waals surface area contributed by atoms with Crippen molar-refractivity contribution in [3.05, 3.63) is 42.4 Å². The zero-order valence-electron chi connectivity index (χ0n) is 20.1. The number of benzene rings is 1. The maximum absolute atomic E-state index is 12.6. The number of carbonyl (C=O) groups excluding carboxylic acids is 2. The molecule has 0 spiro atoms. The van der Waals surface area contributed by atoms with Crippen molar-refractivity contribution in [1.29, 1.82) is 0 Å². The Labute approximate surface area is 183 Å². The third-order valence-electron chi connectivity index (χ3n) is 4.10. The smallest absolute Gasteiger partial charge is 0.412 e. The highest BCUT2D eigenvalue weighted by Gasteiger charge is 2.18. The highest BCUT2D eigenvalue weighted by Crippen LogP contribution is 2.37. The van der Waals surface area contributed by atoms with Gasteiger partial charge in [0.2, 0.25) is 0 Å². The molecule has 0 aliphatic heterocycles. The Bertz CT molecular complexity index is 1200. The quantitative estimate of drug-likeness (QED) is 0.523. The van der Waals surface area contributed by atoms with E-state index in [0.29, 0.717) is 22.8 Å². The lowest BCUT2D eigenvalue weighted by molar-refractivity contribution is 0.0963. The Morgan fingerprint density at radius 1 is 1.26 bits per heavy atom. The Morgan fingerprint density at radius 3 is 2.77 bits per heavy atom. The summed E-state index contributed by atoms with van der Waals surface area (Å²) in [5.74, 6) is -0.0116. The van der Waals surface area contributed by atoms with Crippen LogP contribution >= 0.6 is 0 Å². The number of pyridine rings is 1. The molecule has 0 saturated carbocycles. The Balaban J connectivity index is 2.04. The number of aromatic nitrogens is 4. The normalized spacial score (nSPS) is 12.2. The number of aryl methyl sites for hydroxylation is 1. The van der Waals surface area contributed by atoms with Gasteiger partial charge in [0.25, 0.3) is 5.91 Å². The molecule has 1 aromatic carbocycles. The van der Waals surface area contributed by atoms with Gasteiger partial charge in [0.1, 0.15) is 12.1 Å². The molecule has 0 unspecified atom stereocenters. The molecule has 0 saturated heterocycles. The number of para-hydroxylation sites is 1. The van der Waals surface area contributed by atoms with Crippen LogP contribution in [0.25, 0.3) is 11.4 Å². The minimum absolute atomic E-state index is 0.0750. The molecule has 3 aromatic rings. The summed E-state index contributed by atoms with van der Waals surface area (Å²) in [5.41, 5.74) is 1.10. The number of rotatable bonds is 7. The van der Waals surface area contributed by atoms with E-state index < -0.39 is 19.0 Å². The molecular formula is C20H23N7O4. The maximum atomic E-state index is 12.6. The summed E-state index contributed by atoms with van der Waals surface area (Å²) in [6.07, 6.45) is 1.95. The predicted octanol–water partition coefficient (Wildman–Crippen LogP) is 2.56. The number of ether oxygens (including phenoxy) is 2. The van der Waals surface area contributed by atoms with Crippen molar-refractivity contribution in [2.45, 2.75) is 6.92 Å². The van der Waals surface area contributed by atoms with E-state index in [1.807, 2.05) is 5.32 Å². The van der Waals surface area contributed by atoms with Gasteiger partial charge in [-0.05, 0) is 19.1 Å². The fourth-order valence-electron chi connectivity index (χ4n) is 2.79. The number of methoxy groups -OCH3 is 1. The summed E-state index contributed by atoms with van der Waals surface area (Å²) >= 11 is 0. The molecule has 0 aliphatic rings. The molecule has 11 nitrogen and oxygen atoms in total. The summed E-state index contributed by atoms with van der Waals surface area (Å²) < 4.78 is 33.9. The van der Waals surface area contributed by atoms with Crippen molar-refractivity contribution in [3.63, 3.8) is 0 Å². The van der Waals surface area contributed by atoms with Crippen molar-refractivity contribution in [2.75, 3.05) is 31.3 Å². The van der Waals surface area contributed by atoms with Crippen LogP contribution in [-0.4, -0.2) is 52.4 Å². The molecule has 0 atom stereocenters. The fourth-order valence-corrected chi connectivity index (χ4v) is 2.79. The molecule has 0 aliphatic carbocycles. The van der Waals surface area contributed by atoms with Gasteiger partial charge in [-0.15, -0.1) is 0 Å². The number of amides is 2. The second-order valence-corrected chi connectivity index (χ2v) is 6.17. The van der Waals surface area contributed by atoms with Crippen LogP contribution in [0.3, 0.4) is 0 Å². The van der Waals surface area contributed by atoms with Crippen molar-refractivity contribution in [3.8, 4) is 17.1 Å². The van der Waals surface area contributed by atoms with Crippen molar-refractivity contribution in [2.24, 2.45) is 7.05 Å². The lowest BCUT2D eigenvalue weighted by Crippen LogP contribution is -2.20. The van der Waals surface area contributed by atoms with Gasteiger partial charge >= 0.3 is 6.09 Å². The van der Waals surface area contributed by atoms with E-state index in [0.717, 1.165) is 6.20 Å². The average Bonchev–Trinajstić information content (AvgIpc) is 3.18. The van der Waals surface area contributed by atoms with Crippen LogP contribution in [0.2, 0.25) is 0 Å². The molecular weight excluding hydrogens is 402 g/mol. The van der Waals surface area contributed by atoms with E-state index >= 15 is 0 Å². The van der Waals surface area contributed by atoms with Crippen LogP contribution in [-0.2, 0) is 11.8 Å². The number of hydrogen-bond donors (Lipinski definition) is 3. The van der Waals surface area contributed by atoms with Crippen LogP contribution < -0.4 is 20.7 Å². The van der Waals surface area contributed by atoms with E-state index in [2.05, 4.69) is 25.7 Å². The van der Waals surface area contributed by atoms with E-state index in [9.17, 15) is 9.59 Å². The van der Waals surface area contributed by atoms with Gasteiger partial charge < -0.3 is 20.1 Å². The third-order valence-corrected chi connectivity index (χ3v) is 4.10. The first-order chi connectivity index (χ1) is 16.1. The molecule has 0 radical (unpaired) electrons. The second kappa shape index (κ2) is 9.57. The maximum Gasteiger partial charge on any atom is 0.412 e. The zero-order chi connectivity index (χ0) is 24.9. The SMILES string of the molecule is [2H]C([2H])([2H])NC(=O)c1cnc(NC(=O)OCC)cc1Nc1cccc(-c2ncn(C)n2)c1OC. The number of anilines is 3. The number of hydrogen-bond acceptors (Lipinski definition) is 8. The van der Waals surface area contributed by atoms with E-state index in [1.54, 1.807) is 43.2 Å². The van der Waals surface area contributed by atoms with Crippen LogP contribution in [0, 0.1) is 0 Å². The van der Waals surface area contributed by atoms with Gasteiger partial charge in [-0.1, -0.05) is 6.07 Å². The summed E-state index contributed by atoms with van der Waals surface area (Å²) in [6, 6.07) is 6.56. The summed E-state index contributed by atoms with van der Waals surface area (Å²) in [6.45, 7) is -0.905. The van der Waals surface area contributed by atoms with Gasteiger partial charge in [-0.3, -0.25) is 14.8 Å². The van der Waals surface area contributed by atoms with Crippen molar-refractivity contribution < 1.29 is 23.2 Å².